The summed E-state index contributed by atoms with van der Waals surface area (Å²) in [4.78, 5) is 21.3. The molecule has 2 N–H and O–H groups in total. The quantitative estimate of drug-likeness (QED) is 0.632. The smallest absolute Gasteiger partial charge is 0.329 e. The van der Waals surface area contributed by atoms with E-state index in [2.05, 4.69) is 14.9 Å². The lowest BCUT2D eigenvalue weighted by Gasteiger charge is -2.02. The van der Waals surface area contributed by atoms with E-state index in [4.69, 9.17) is 9.84 Å². The monoisotopic (exact) mass is 231 g/mol. The van der Waals surface area contributed by atoms with Gasteiger partial charge in [0.1, 0.15) is 6.61 Å². The highest BCUT2D eigenvalue weighted by molar-refractivity contribution is 7.03. The topological polar surface area (TPSA) is 101 Å². The van der Waals surface area contributed by atoms with Crippen LogP contribution in [0.1, 0.15) is 10.5 Å². The van der Waals surface area contributed by atoms with Crippen LogP contribution in [0.3, 0.4) is 0 Å². The van der Waals surface area contributed by atoms with E-state index in [1.165, 1.54) is 5.38 Å². The molecule has 0 aliphatic carbocycles. The molecule has 8 heteroatoms. The molecule has 0 bridgehead atoms. The molecule has 0 unspecified atom stereocenters. The Morgan fingerprint density at radius 1 is 1.60 bits per heavy atom. The number of nitrogens with zero attached hydrogens (tertiary/aromatic N) is 2. The number of amides is 1. The minimum Gasteiger partial charge on any atom is -0.480 e. The minimum absolute atomic E-state index is 0.148. The first-order valence-electron chi connectivity index (χ1n) is 4.05. The lowest BCUT2D eigenvalue weighted by atomic mass is 10.4. The average Bonchev–Trinajstić information content (AvgIpc) is 2.69. The summed E-state index contributed by atoms with van der Waals surface area (Å²) in [6.45, 7) is 0.0212. The SMILES string of the molecule is O=C(O)COCCNC(=O)c1csnn1. The Labute approximate surface area is 89.2 Å². The summed E-state index contributed by atoms with van der Waals surface area (Å²) in [5.74, 6) is -1.38. The maximum absolute atomic E-state index is 11.2. The van der Waals surface area contributed by atoms with Gasteiger partial charge in [-0.3, -0.25) is 4.79 Å². The molecule has 0 saturated heterocycles. The number of aliphatic carboxylic acids is 1. The van der Waals surface area contributed by atoms with Gasteiger partial charge in [0.15, 0.2) is 5.69 Å². The second-order valence-corrected chi connectivity index (χ2v) is 3.10. The maximum Gasteiger partial charge on any atom is 0.329 e. The number of carbonyl (C=O) groups is 2. The summed E-state index contributed by atoms with van der Waals surface area (Å²) >= 11 is 1.08. The van der Waals surface area contributed by atoms with Gasteiger partial charge >= 0.3 is 5.97 Å². The van der Waals surface area contributed by atoms with Gasteiger partial charge in [-0.1, -0.05) is 4.49 Å². The fraction of sp³-hybridized carbons (Fsp3) is 0.429. The number of hydrogen-bond donors (Lipinski definition) is 2. The molecule has 0 aliphatic heterocycles. The van der Waals surface area contributed by atoms with Crippen LogP contribution in [0.4, 0.5) is 0 Å². The number of ether oxygens (including phenoxy) is 1. The number of hydrogen-bond acceptors (Lipinski definition) is 6. The van der Waals surface area contributed by atoms with Gasteiger partial charge in [-0.25, -0.2) is 4.79 Å². The van der Waals surface area contributed by atoms with Crippen LogP contribution in [0.25, 0.3) is 0 Å². The molecule has 0 radical (unpaired) electrons. The molecule has 1 amide bonds. The molecule has 0 spiro atoms. The number of rotatable bonds is 6. The maximum atomic E-state index is 11.2. The largest absolute Gasteiger partial charge is 0.480 e. The summed E-state index contributed by atoms with van der Waals surface area (Å²) in [7, 11) is 0. The van der Waals surface area contributed by atoms with Crippen LogP contribution in [-0.4, -0.2) is 46.3 Å². The number of carbonyl (C=O) groups excluding carboxylic acids is 1. The zero-order chi connectivity index (χ0) is 11.1. The highest BCUT2D eigenvalue weighted by Crippen LogP contribution is 1.95. The van der Waals surface area contributed by atoms with Gasteiger partial charge < -0.3 is 15.2 Å². The highest BCUT2D eigenvalue weighted by atomic mass is 32.1. The van der Waals surface area contributed by atoms with E-state index < -0.39 is 5.97 Å². The van der Waals surface area contributed by atoms with Crippen LogP contribution in [0.2, 0.25) is 0 Å². The molecular formula is C7H9N3O4S. The predicted octanol–water partition coefficient (Wildman–Crippen LogP) is -0.631. The second kappa shape index (κ2) is 6.04. The highest BCUT2D eigenvalue weighted by Gasteiger charge is 2.07. The lowest BCUT2D eigenvalue weighted by Crippen LogP contribution is -2.28. The van der Waals surface area contributed by atoms with Gasteiger partial charge in [0.2, 0.25) is 0 Å². The van der Waals surface area contributed by atoms with E-state index >= 15 is 0 Å². The minimum atomic E-state index is -1.04. The molecule has 1 aromatic heterocycles. The van der Waals surface area contributed by atoms with Gasteiger partial charge in [0.05, 0.1) is 6.61 Å². The molecular weight excluding hydrogens is 222 g/mol. The van der Waals surface area contributed by atoms with Crippen molar-refractivity contribution < 1.29 is 19.4 Å². The number of carboxylic acids is 1. The molecule has 1 rings (SSSR count). The molecule has 1 heterocycles. The zero-order valence-corrected chi connectivity index (χ0v) is 8.49. The normalized spacial score (nSPS) is 9.87. The number of aromatic nitrogens is 2. The molecule has 7 nitrogen and oxygen atoms in total. The van der Waals surface area contributed by atoms with Crippen molar-refractivity contribution in [1.82, 2.24) is 14.9 Å². The molecule has 0 fully saturated rings. The first-order valence-corrected chi connectivity index (χ1v) is 4.88. The third-order valence-corrected chi connectivity index (χ3v) is 1.85. The van der Waals surface area contributed by atoms with E-state index in [9.17, 15) is 9.59 Å². The Hall–Kier alpha value is -1.54. The Balaban J connectivity index is 2.10. The second-order valence-electron chi connectivity index (χ2n) is 2.49. The van der Waals surface area contributed by atoms with Crippen LogP contribution >= 0.6 is 11.5 Å². The van der Waals surface area contributed by atoms with Crippen molar-refractivity contribution in [3.8, 4) is 0 Å². The standard InChI is InChI=1S/C7H9N3O4S/c11-6(12)3-14-2-1-8-7(13)5-4-15-10-9-5/h4H,1-3H2,(H,8,13)(H,11,12). The van der Waals surface area contributed by atoms with Crippen molar-refractivity contribution in [2.45, 2.75) is 0 Å². The summed E-state index contributed by atoms with van der Waals surface area (Å²) in [5.41, 5.74) is 0.248. The van der Waals surface area contributed by atoms with E-state index in [0.29, 0.717) is 0 Å². The Bertz CT molecular complexity index is 327. The Kier molecular flexibility index (Phi) is 4.64. The molecule has 0 aliphatic rings. The van der Waals surface area contributed by atoms with Gasteiger partial charge in [-0.05, 0) is 11.5 Å². The molecule has 1 aromatic rings. The molecule has 15 heavy (non-hydrogen) atoms. The summed E-state index contributed by atoms with van der Waals surface area (Å²) in [5, 5.41) is 15.8. The van der Waals surface area contributed by atoms with Crippen LogP contribution < -0.4 is 5.32 Å². The summed E-state index contributed by atoms with van der Waals surface area (Å²) in [6.07, 6.45) is 0. The Morgan fingerprint density at radius 3 is 3.00 bits per heavy atom. The van der Waals surface area contributed by atoms with Gasteiger partial charge in [0, 0.05) is 11.9 Å². The van der Waals surface area contributed by atoms with Crippen molar-refractivity contribution in [3.05, 3.63) is 11.1 Å². The molecule has 0 saturated carbocycles. The van der Waals surface area contributed by atoms with Gasteiger partial charge in [-0.2, -0.15) is 0 Å². The van der Waals surface area contributed by atoms with E-state index in [1.54, 1.807) is 0 Å². The van der Waals surface area contributed by atoms with Crippen molar-refractivity contribution >= 4 is 23.4 Å². The van der Waals surface area contributed by atoms with Gasteiger partial charge in [-0.15, -0.1) is 5.10 Å². The number of nitrogens with one attached hydrogen (secondary N) is 1. The van der Waals surface area contributed by atoms with E-state index in [0.717, 1.165) is 11.5 Å². The van der Waals surface area contributed by atoms with Crippen molar-refractivity contribution in [1.29, 1.82) is 0 Å². The number of carboxylic acid groups (broad SMARTS) is 1. The predicted molar refractivity (Wildman–Crippen MR) is 50.7 cm³/mol. The molecule has 0 aromatic carbocycles. The third kappa shape index (κ3) is 4.47. The van der Waals surface area contributed by atoms with E-state index in [1.807, 2.05) is 0 Å². The van der Waals surface area contributed by atoms with E-state index in [-0.39, 0.29) is 31.4 Å². The van der Waals surface area contributed by atoms with Crippen LogP contribution in [0, 0.1) is 0 Å². The van der Waals surface area contributed by atoms with Gasteiger partial charge in [0.25, 0.3) is 5.91 Å². The zero-order valence-electron chi connectivity index (χ0n) is 7.67. The third-order valence-electron chi connectivity index (χ3n) is 1.35. The van der Waals surface area contributed by atoms with Crippen molar-refractivity contribution in [2.24, 2.45) is 0 Å². The van der Waals surface area contributed by atoms with Crippen LogP contribution in [0.15, 0.2) is 5.38 Å². The van der Waals surface area contributed by atoms with Crippen LogP contribution in [0.5, 0.6) is 0 Å². The van der Waals surface area contributed by atoms with Crippen LogP contribution in [-0.2, 0) is 9.53 Å². The summed E-state index contributed by atoms with van der Waals surface area (Å²) in [6, 6.07) is 0. The first kappa shape index (κ1) is 11.5. The molecule has 0 atom stereocenters. The summed E-state index contributed by atoms with van der Waals surface area (Å²) < 4.78 is 8.25. The van der Waals surface area contributed by atoms with Crippen molar-refractivity contribution in [2.75, 3.05) is 19.8 Å². The fourth-order valence-corrected chi connectivity index (χ4v) is 1.19. The molecule has 82 valence electrons. The first-order chi connectivity index (χ1) is 7.20. The lowest BCUT2D eigenvalue weighted by molar-refractivity contribution is -0.142. The Morgan fingerprint density at radius 2 is 2.40 bits per heavy atom. The fourth-order valence-electron chi connectivity index (χ4n) is 0.750. The average molecular weight is 231 g/mol. The van der Waals surface area contributed by atoms with Crippen molar-refractivity contribution in [3.63, 3.8) is 0 Å².